The van der Waals surface area contributed by atoms with Crippen LogP contribution in [0.25, 0.3) is 6.08 Å². The number of amides is 2. The molecule has 0 radical (unpaired) electrons. The molecule has 0 heterocycles. The van der Waals surface area contributed by atoms with Gasteiger partial charge in [-0.3, -0.25) is 9.59 Å². The molecule has 1 aliphatic rings. The van der Waals surface area contributed by atoms with E-state index in [0.717, 1.165) is 24.0 Å². The summed E-state index contributed by atoms with van der Waals surface area (Å²) in [6.07, 6.45) is 5.40. The van der Waals surface area contributed by atoms with Gasteiger partial charge in [-0.05, 0) is 49.1 Å². The largest absolute Gasteiger partial charge is 0.349 e. The summed E-state index contributed by atoms with van der Waals surface area (Å²) >= 11 is 0. The van der Waals surface area contributed by atoms with Crippen molar-refractivity contribution in [3.05, 3.63) is 76.9 Å². The molecule has 1 fully saturated rings. The van der Waals surface area contributed by atoms with Crippen molar-refractivity contribution in [3.63, 3.8) is 0 Å². The van der Waals surface area contributed by atoms with Crippen LogP contribution in [0.15, 0.2) is 54.6 Å². The highest BCUT2D eigenvalue weighted by molar-refractivity contribution is 5.95. The molecule has 1 aliphatic carbocycles. The average molecular weight is 334 g/mol. The smallest absolute Gasteiger partial charge is 0.251 e. The molecule has 4 heteroatoms. The van der Waals surface area contributed by atoms with Crippen molar-refractivity contribution >= 4 is 17.9 Å². The maximum atomic E-state index is 11.9. The lowest BCUT2D eigenvalue weighted by atomic mass is 10.1. The summed E-state index contributed by atoms with van der Waals surface area (Å²) in [6.45, 7) is 2.53. The zero-order valence-electron chi connectivity index (χ0n) is 14.3. The van der Waals surface area contributed by atoms with Crippen molar-refractivity contribution < 1.29 is 9.59 Å². The first-order valence-electron chi connectivity index (χ1n) is 8.52. The Bertz CT molecular complexity index is 790. The summed E-state index contributed by atoms with van der Waals surface area (Å²) in [7, 11) is 0. The predicted octanol–water partition coefficient (Wildman–Crippen LogP) is 3.22. The minimum Gasteiger partial charge on any atom is -0.349 e. The minimum atomic E-state index is -0.142. The maximum Gasteiger partial charge on any atom is 0.251 e. The fourth-order valence-electron chi connectivity index (χ4n) is 2.48. The van der Waals surface area contributed by atoms with Crippen molar-refractivity contribution in [2.75, 3.05) is 0 Å². The van der Waals surface area contributed by atoms with Crippen molar-refractivity contribution in [2.45, 2.75) is 32.4 Å². The van der Waals surface area contributed by atoms with E-state index in [4.69, 9.17) is 0 Å². The predicted molar refractivity (Wildman–Crippen MR) is 99.0 cm³/mol. The zero-order valence-corrected chi connectivity index (χ0v) is 14.3. The Kier molecular flexibility index (Phi) is 5.29. The van der Waals surface area contributed by atoms with Crippen LogP contribution in [0.1, 0.15) is 39.9 Å². The topological polar surface area (TPSA) is 58.2 Å². The van der Waals surface area contributed by atoms with Crippen LogP contribution in [0.4, 0.5) is 0 Å². The third-order valence-electron chi connectivity index (χ3n) is 4.06. The van der Waals surface area contributed by atoms with Gasteiger partial charge in [-0.1, -0.05) is 42.0 Å². The summed E-state index contributed by atoms with van der Waals surface area (Å²) in [4.78, 5) is 23.8. The summed E-state index contributed by atoms with van der Waals surface area (Å²) in [5.74, 6) is -0.175. The Hall–Kier alpha value is -2.88. The average Bonchev–Trinajstić information content (AvgIpc) is 3.42. The van der Waals surface area contributed by atoms with E-state index in [0.29, 0.717) is 18.2 Å². The molecule has 0 atom stereocenters. The minimum absolute atomic E-state index is 0.0334. The van der Waals surface area contributed by atoms with Gasteiger partial charge in [0.15, 0.2) is 0 Å². The van der Waals surface area contributed by atoms with Gasteiger partial charge in [-0.2, -0.15) is 0 Å². The molecule has 0 bridgehead atoms. The first-order chi connectivity index (χ1) is 12.1. The highest BCUT2D eigenvalue weighted by Gasteiger charge is 2.23. The maximum absolute atomic E-state index is 11.9. The lowest BCUT2D eigenvalue weighted by Gasteiger charge is -2.04. The Balaban J connectivity index is 1.50. The van der Waals surface area contributed by atoms with E-state index in [1.807, 2.05) is 37.3 Å². The standard InChI is InChI=1S/C21H22N2O2/c1-15-3-2-4-17(13-15)14-22-20(24)12-7-16-5-8-18(9-6-16)21(25)23-19-10-11-19/h2-9,12-13,19H,10-11,14H2,1H3,(H,22,24)(H,23,25)/b12-7+. The number of hydrogen-bond acceptors (Lipinski definition) is 2. The first kappa shape index (κ1) is 17.0. The summed E-state index contributed by atoms with van der Waals surface area (Å²) < 4.78 is 0. The van der Waals surface area contributed by atoms with Gasteiger partial charge in [-0.25, -0.2) is 0 Å². The van der Waals surface area contributed by atoms with Gasteiger partial charge in [0, 0.05) is 24.2 Å². The second-order valence-corrected chi connectivity index (χ2v) is 6.41. The van der Waals surface area contributed by atoms with Crippen LogP contribution < -0.4 is 10.6 Å². The molecule has 0 aromatic heterocycles. The molecule has 3 rings (SSSR count). The molecule has 25 heavy (non-hydrogen) atoms. The number of hydrogen-bond donors (Lipinski definition) is 2. The third-order valence-corrected chi connectivity index (χ3v) is 4.06. The molecule has 0 aliphatic heterocycles. The van der Waals surface area contributed by atoms with Gasteiger partial charge in [0.25, 0.3) is 5.91 Å². The zero-order chi connectivity index (χ0) is 17.6. The van der Waals surface area contributed by atoms with Crippen LogP contribution >= 0.6 is 0 Å². The van der Waals surface area contributed by atoms with Crippen LogP contribution in [0, 0.1) is 6.92 Å². The molecule has 1 saturated carbocycles. The summed E-state index contributed by atoms with van der Waals surface area (Å²) in [6, 6.07) is 15.6. The van der Waals surface area contributed by atoms with E-state index in [-0.39, 0.29) is 11.8 Å². The Morgan fingerprint density at radius 1 is 1.12 bits per heavy atom. The summed E-state index contributed by atoms with van der Waals surface area (Å²) in [5, 5.41) is 5.82. The van der Waals surface area contributed by atoms with E-state index in [2.05, 4.69) is 16.7 Å². The van der Waals surface area contributed by atoms with Gasteiger partial charge >= 0.3 is 0 Å². The molecule has 2 amide bonds. The Labute approximate surface area is 148 Å². The lowest BCUT2D eigenvalue weighted by molar-refractivity contribution is -0.116. The van der Waals surface area contributed by atoms with Gasteiger partial charge in [0.2, 0.25) is 5.91 Å². The molecule has 2 aromatic rings. The third kappa shape index (κ3) is 5.31. The number of nitrogens with one attached hydrogen (secondary N) is 2. The van der Waals surface area contributed by atoms with Crippen molar-refractivity contribution in [1.82, 2.24) is 10.6 Å². The van der Waals surface area contributed by atoms with Crippen molar-refractivity contribution in [1.29, 1.82) is 0 Å². The second kappa shape index (κ2) is 7.79. The Morgan fingerprint density at radius 3 is 2.56 bits per heavy atom. The number of carbonyl (C=O) groups excluding carboxylic acids is 2. The fraction of sp³-hybridized carbons (Fsp3) is 0.238. The molecule has 2 aromatic carbocycles. The second-order valence-electron chi connectivity index (χ2n) is 6.41. The first-order valence-corrected chi connectivity index (χ1v) is 8.52. The number of carbonyl (C=O) groups is 2. The fourth-order valence-corrected chi connectivity index (χ4v) is 2.48. The van der Waals surface area contributed by atoms with E-state index in [1.54, 1.807) is 18.2 Å². The summed E-state index contributed by atoms with van der Waals surface area (Å²) in [5.41, 5.74) is 3.78. The van der Waals surface area contributed by atoms with Crippen molar-refractivity contribution in [3.8, 4) is 0 Å². The van der Waals surface area contributed by atoms with Gasteiger partial charge in [0.05, 0.1) is 0 Å². The molecule has 0 spiro atoms. The van der Waals surface area contributed by atoms with Gasteiger partial charge < -0.3 is 10.6 Å². The SMILES string of the molecule is Cc1cccc(CNC(=O)/C=C/c2ccc(C(=O)NC3CC3)cc2)c1. The highest BCUT2D eigenvalue weighted by Crippen LogP contribution is 2.19. The molecule has 128 valence electrons. The van der Waals surface area contributed by atoms with E-state index < -0.39 is 0 Å². The van der Waals surface area contributed by atoms with E-state index in [1.165, 1.54) is 11.6 Å². The molecule has 0 unspecified atom stereocenters. The molecule has 0 saturated heterocycles. The van der Waals surface area contributed by atoms with Crippen LogP contribution in [-0.4, -0.2) is 17.9 Å². The molecular weight excluding hydrogens is 312 g/mol. The normalized spacial score (nSPS) is 13.6. The molecule has 2 N–H and O–H groups in total. The van der Waals surface area contributed by atoms with Crippen LogP contribution in [0.3, 0.4) is 0 Å². The Morgan fingerprint density at radius 2 is 1.88 bits per heavy atom. The van der Waals surface area contributed by atoms with Crippen molar-refractivity contribution in [2.24, 2.45) is 0 Å². The van der Waals surface area contributed by atoms with Crippen LogP contribution in [0.5, 0.6) is 0 Å². The highest BCUT2D eigenvalue weighted by atomic mass is 16.2. The quantitative estimate of drug-likeness (QED) is 0.797. The lowest BCUT2D eigenvalue weighted by Crippen LogP contribution is -2.25. The monoisotopic (exact) mass is 334 g/mol. The number of rotatable bonds is 6. The number of aryl methyl sites for hydroxylation is 1. The van der Waals surface area contributed by atoms with E-state index in [9.17, 15) is 9.59 Å². The van der Waals surface area contributed by atoms with Crippen LogP contribution in [0.2, 0.25) is 0 Å². The van der Waals surface area contributed by atoms with Gasteiger partial charge in [0.1, 0.15) is 0 Å². The molecular formula is C21H22N2O2. The van der Waals surface area contributed by atoms with E-state index >= 15 is 0 Å². The molecule has 4 nitrogen and oxygen atoms in total. The number of benzene rings is 2. The van der Waals surface area contributed by atoms with Gasteiger partial charge in [-0.15, -0.1) is 0 Å². The van der Waals surface area contributed by atoms with Crippen LogP contribution in [-0.2, 0) is 11.3 Å².